The first-order valence-electron chi connectivity index (χ1n) is 6.34. The van der Waals surface area contributed by atoms with E-state index < -0.39 is 0 Å². The lowest BCUT2D eigenvalue weighted by molar-refractivity contribution is 0.202. The van der Waals surface area contributed by atoms with Crippen molar-refractivity contribution in [2.45, 2.75) is 39.7 Å². The van der Waals surface area contributed by atoms with Gasteiger partial charge < -0.3 is 10.5 Å². The van der Waals surface area contributed by atoms with Gasteiger partial charge in [0.15, 0.2) is 0 Å². The van der Waals surface area contributed by atoms with Crippen molar-refractivity contribution >= 4 is 0 Å². The molecule has 0 aliphatic rings. The van der Waals surface area contributed by atoms with Crippen molar-refractivity contribution in [3.8, 4) is 0 Å². The van der Waals surface area contributed by atoms with Gasteiger partial charge in [-0.15, -0.1) is 0 Å². The molecule has 0 amide bonds. The average molecular weight is 235 g/mol. The molecule has 2 heteroatoms. The molecule has 1 rings (SSSR count). The van der Waals surface area contributed by atoms with Crippen molar-refractivity contribution < 1.29 is 4.74 Å². The number of ether oxygens (including phenoxy) is 1. The van der Waals surface area contributed by atoms with Crippen LogP contribution < -0.4 is 5.73 Å². The highest BCUT2D eigenvalue weighted by Gasteiger charge is 2.25. The standard InChI is InChI=1S/C15H25NO/c1-5-15(2,3)14(16)13-8-6-12(7-9-13)10-11-17-4/h6-9,14H,5,10-11,16H2,1-4H3. The van der Waals surface area contributed by atoms with Crippen LogP contribution in [0.15, 0.2) is 24.3 Å². The molecule has 1 aromatic rings. The molecule has 0 aromatic heterocycles. The van der Waals surface area contributed by atoms with Crippen LogP contribution >= 0.6 is 0 Å². The topological polar surface area (TPSA) is 35.2 Å². The van der Waals surface area contributed by atoms with Gasteiger partial charge in [-0.3, -0.25) is 0 Å². The number of nitrogens with two attached hydrogens (primary N) is 1. The molecule has 0 aliphatic heterocycles. The molecule has 0 fully saturated rings. The summed E-state index contributed by atoms with van der Waals surface area (Å²) in [7, 11) is 1.73. The molecule has 1 aromatic carbocycles. The van der Waals surface area contributed by atoms with Gasteiger partial charge in [-0.25, -0.2) is 0 Å². The second-order valence-electron chi connectivity index (χ2n) is 5.30. The molecule has 1 unspecified atom stereocenters. The zero-order valence-corrected chi connectivity index (χ0v) is 11.5. The van der Waals surface area contributed by atoms with E-state index in [1.165, 1.54) is 11.1 Å². The third kappa shape index (κ3) is 3.83. The van der Waals surface area contributed by atoms with E-state index in [9.17, 15) is 0 Å². The summed E-state index contributed by atoms with van der Waals surface area (Å²) in [6.07, 6.45) is 2.04. The van der Waals surface area contributed by atoms with Crippen LogP contribution in [0.1, 0.15) is 44.4 Å². The lowest BCUT2D eigenvalue weighted by Gasteiger charge is -2.30. The summed E-state index contributed by atoms with van der Waals surface area (Å²) in [5.74, 6) is 0. The predicted octanol–water partition coefficient (Wildman–Crippen LogP) is 3.31. The maximum Gasteiger partial charge on any atom is 0.0502 e. The van der Waals surface area contributed by atoms with Gasteiger partial charge in [-0.05, 0) is 29.4 Å². The van der Waals surface area contributed by atoms with E-state index in [1.54, 1.807) is 7.11 Å². The van der Waals surface area contributed by atoms with Crippen LogP contribution in [-0.2, 0) is 11.2 Å². The highest BCUT2D eigenvalue weighted by atomic mass is 16.5. The molecule has 1 atom stereocenters. The third-order valence-corrected chi connectivity index (χ3v) is 3.69. The molecule has 0 saturated heterocycles. The summed E-state index contributed by atoms with van der Waals surface area (Å²) in [5.41, 5.74) is 8.98. The minimum Gasteiger partial charge on any atom is -0.384 e. The minimum atomic E-state index is 0.101. The van der Waals surface area contributed by atoms with Gasteiger partial charge in [0.2, 0.25) is 0 Å². The molecular formula is C15H25NO. The van der Waals surface area contributed by atoms with Crippen LogP contribution in [0.3, 0.4) is 0 Å². The van der Waals surface area contributed by atoms with Gasteiger partial charge in [0.05, 0.1) is 6.61 Å². The maximum absolute atomic E-state index is 6.31. The average Bonchev–Trinajstić information content (AvgIpc) is 2.36. The number of methoxy groups -OCH3 is 1. The molecule has 0 heterocycles. The second kappa shape index (κ2) is 6.18. The van der Waals surface area contributed by atoms with Gasteiger partial charge in [0.1, 0.15) is 0 Å². The normalized spacial score (nSPS) is 13.7. The zero-order valence-electron chi connectivity index (χ0n) is 11.5. The minimum absolute atomic E-state index is 0.101. The summed E-state index contributed by atoms with van der Waals surface area (Å²) in [6.45, 7) is 7.39. The van der Waals surface area contributed by atoms with E-state index in [4.69, 9.17) is 10.5 Å². The Hall–Kier alpha value is -0.860. The Morgan fingerprint density at radius 3 is 2.29 bits per heavy atom. The molecule has 0 bridgehead atoms. The molecule has 17 heavy (non-hydrogen) atoms. The first-order valence-corrected chi connectivity index (χ1v) is 6.34. The van der Waals surface area contributed by atoms with E-state index in [2.05, 4.69) is 45.0 Å². The van der Waals surface area contributed by atoms with Crippen molar-refractivity contribution in [2.24, 2.45) is 11.1 Å². The van der Waals surface area contributed by atoms with E-state index in [1.807, 2.05) is 0 Å². The van der Waals surface area contributed by atoms with Crippen LogP contribution in [0.4, 0.5) is 0 Å². The largest absolute Gasteiger partial charge is 0.384 e. The van der Waals surface area contributed by atoms with Crippen molar-refractivity contribution in [3.05, 3.63) is 35.4 Å². The Morgan fingerprint density at radius 2 is 1.82 bits per heavy atom. The summed E-state index contributed by atoms with van der Waals surface area (Å²) in [5, 5.41) is 0. The number of benzene rings is 1. The highest BCUT2D eigenvalue weighted by Crippen LogP contribution is 2.34. The van der Waals surface area contributed by atoms with E-state index in [0.29, 0.717) is 0 Å². The molecule has 0 spiro atoms. The SMILES string of the molecule is CCC(C)(C)C(N)c1ccc(CCOC)cc1. The van der Waals surface area contributed by atoms with Gasteiger partial charge in [0.25, 0.3) is 0 Å². The second-order valence-corrected chi connectivity index (χ2v) is 5.30. The first kappa shape index (κ1) is 14.2. The van der Waals surface area contributed by atoms with Crippen LogP contribution in [0.5, 0.6) is 0 Å². The molecule has 2 N–H and O–H groups in total. The lowest BCUT2D eigenvalue weighted by Crippen LogP contribution is -2.28. The molecule has 2 nitrogen and oxygen atoms in total. The lowest BCUT2D eigenvalue weighted by atomic mass is 9.79. The third-order valence-electron chi connectivity index (χ3n) is 3.69. The summed E-state index contributed by atoms with van der Waals surface area (Å²) < 4.78 is 5.07. The van der Waals surface area contributed by atoms with Gasteiger partial charge >= 0.3 is 0 Å². The number of hydrogen-bond donors (Lipinski definition) is 1. The van der Waals surface area contributed by atoms with Gasteiger partial charge in [-0.2, -0.15) is 0 Å². The van der Waals surface area contributed by atoms with Crippen molar-refractivity contribution in [2.75, 3.05) is 13.7 Å². The first-order chi connectivity index (χ1) is 8.01. The monoisotopic (exact) mass is 235 g/mol. The fraction of sp³-hybridized carbons (Fsp3) is 0.600. The van der Waals surface area contributed by atoms with E-state index in [0.717, 1.165) is 19.4 Å². The highest BCUT2D eigenvalue weighted by molar-refractivity contribution is 5.26. The van der Waals surface area contributed by atoms with Crippen LogP contribution in [0.25, 0.3) is 0 Å². The quantitative estimate of drug-likeness (QED) is 0.821. The zero-order chi connectivity index (χ0) is 12.9. The fourth-order valence-electron chi connectivity index (χ4n) is 1.78. The van der Waals surface area contributed by atoms with Crippen LogP contribution in [-0.4, -0.2) is 13.7 Å². The summed E-state index contributed by atoms with van der Waals surface area (Å²) in [6, 6.07) is 8.70. The Bertz CT molecular complexity index is 329. The van der Waals surface area contributed by atoms with Crippen LogP contribution in [0, 0.1) is 5.41 Å². The predicted molar refractivity (Wildman–Crippen MR) is 73.0 cm³/mol. The van der Waals surface area contributed by atoms with E-state index >= 15 is 0 Å². The Morgan fingerprint density at radius 1 is 1.24 bits per heavy atom. The summed E-state index contributed by atoms with van der Waals surface area (Å²) >= 11 is 0. The molecular weight excluding hydrogens is 210 g/mol. The van der Waals surface area contributed by atoms with Gasteiger partial charge in [0, 0.05) is 13.2 Å². The fourth-order valence-corrected chi connectivity index (χ4v) is 1.78. The Kier molecular flexibility index (Phi) is 5.16. The Labute approximate surface area is 105 Å². The molecule has 0 aliphatic carbocycles. The van der Waals surface area contributed by atoms with Crippen molar-refractivity contribution in [1.29, 1.82) is 0 Å². The maximum atomic E-state index is 6.31. The van der Waals surface area contributed by atoms with Crippen molar-refractivity contribution in [1.82, 2.24) is 0 Å². The van der Waals surface area contributed by atoms with Gasteiger partial charge in [-0.1, -0.05) is 45.0 Å². The molecule has 0 saturated carbocycles. The Balaban J connectivity index is 2.73. The number of rotatable bonds is 6. The van der Waals surface area contributed by atoms with Crippen molar-refractivity contribution in [3.63, 3.8) is 0 Å². The number of hydrogen-bond acceptors (Lipinski definition) is 2. The van der Waals surface area contributed by atoms with Crippen LogP contribution in [0.2, 0.25) is 0 Å². The summed E-state index contributed by atoms with van der Waals surface area (Å²) in [4.78, 5) is 0. The van der Waals surface area contributed by atoms with E-state index in [-0.39, 0.29) is 11.5 Å². The molecule has 0 radical (unpaired) electrons. The molecule has 96 valence electrons. The smallest absolute Gasteiger partial charge is 0.0502 e.